The Morgan fingerprint density at radius 2 is 2.35 bits per heavy atom. The van der Waals surface area contributed by atoms with Gasteiger partial charge in [0.15, 0.2) is 0 Å². The second kappa shape index (κ2) is 5.12. The van der Waals surface area contributed by atoms with Crippen LogP contribution in [0, 0.1) is 5.92 Å². The van der Waals surface area contributed by atoms with E-state index in [-0.39, 0.29) is 12.0 Å². The fraction of sp³-hybridized carbons (Fsp3) is 0.583. The second-order valence-corrected chi connectivity index (χ2v) is 4.44. The molecule has 0 aromatic carbocycles. The van der Waals surface area contributed by atoms with E-state index in [2.05, 4.69) is 15.3 Å². The van der Waals surface area contributed by atoms with Crippen molar-refractivity contribution in [1.29, 1.82) is 0 Å². The molecular formula is C12H17N3O2. The largest absolute Gasteiger partial charge is 0.481 e. The van der Waals surface area contributed by atoms with Crippen molar-refractivity contribution in [2.24, 2.45) is 5.92 Å². The number of carbonyl (C=O) groups is 1. The highest BCUT2D eigenvalue weighted by atomic mass is 16.4. The first-order valence-electron chi connectivity index (χ1n) is 5.99. The Morgan fingerprint density at radius 3 is 3.00 bits per heavy atom. The summed E-state index contributed by atoms with van der Waals surface area (Å²) in [6.07, 6.45) is 4.74. The van der Waals surface area contributed by atoms with E-state index in [0.29, 0.717) is 6.42 Å². The average Bonchev–Trinajstić information content (AvgIpc) is 2.78. The number of carboxylic acids is 1. The van der Waals surface area contributed by atoms with Crippen molar-refractivity contribution < 1.29 is 9.90 Å². The van der Waals surface area contributed by atoms with Gasteiger partial charge in [0.25, 0.3) is 0 Å². The topological polar surface area (TPSA) is 75.1 Å². The van der Waals surface area contributed by atoms with Gasteiger partial charge in [0.1, 0.15) is 12.1 Å². The second-order valence-electron chi connectivity index (χ2n) is 4.44. The molecule has 5 nitrogen and oxygen atoms in total. The number of aryl methyl sites for hydroxylation is 1. The first kappa shape index (κ1) is 11.8. The Labute approximate surface area is 100 Å². The van der Waals surface area contributed by atoms with Crippen LogP contribution in [0.2, 0.25) is 0 Å². The van der Waals surface area contributed by atoms with Gasteiger partial charge in [-0.25, -0.2) is 9.97 Å². The molecule has 2 rings (SSSR count). The lowest BCUT2D eigenvalue weighted by Gasteiger charge is -2.13. The predicted molar refractivity (Wildman–Crippen MR) is 63.8 cm³/mol. The molecule has 5 heteroatoms. The smallest absolute Gasteiger partial charge is 0.306 e. The number of nitrogens with one attached hydrogen (secondary N) is 1. The maximum absolute atomic E-state index is 10.8. The molecule has 0 amide bonds. The summed E-state index contributed by atoms with van der Waals surface area (Å²) in [6, 6.07) is 2.14. The molecule has 1 aliphatic rings. The van der Waals surface area contributed by atoms with Gasteiger partial charge in [0.2, 0.25) is 0 Å². The maximum atomic E-state index is 10.8. The highest BCUT2D eigenvalue weighted by Crippen LogP contribution is 2.27. The van der Waals surface area contributed by atoms with E-state index in [0.717, 1.165) is 30.8 Å². The van der Waals surface area contributed by atoms with Crippen molar-refractivity contribution in [2.75, 3.05) is 5.32 Å². The average molecular weight is 235 g/mol. The Kier molecular flexibility index (Phi) is 3.56. The molecule has 1 aromatic heterocycles. The van der Waals surface area contributed by atoms with Crippen molar-refractivity contribution in [3.63, 3.8) is 0 Å². The summed E-state index contributed by atoms with van der Waals surface area (Å²) in [5.74, 6) is -0.0980. The van der Waals surface area contributed by atoms with Gasteiger partial charge < -0.3 is 10.4 Å². The van der Waals surface area contributed by atoms with E-state index in [1.54, 1.807) is 6.33 Å². The van der Waals surface area contributed by atoms with Gasteiger partial charge in [-0.15, -0.1) is 0 Å². The zero-order valence-electron chi connectivity index (χ0n) is 9.89. The Balaban J connectivity index is 1.95. The summed E-state index contributed by atoms with van der Waals surface area (Å²) in [7, 11) is 0. The Morgan fingerprint density at radius 1 is 1.53 bits per heavy atom. The first-order valence-corrected chi connectivity index (χ1v) is 5.99. The van der Waals surface area contributed by atoms with Crippen LogP contribution in [-0.2, 0) is 11.2 Å². The van der Waals surface area contributed by atoms with Crippen LogP contribution in [0.15, 0.2) is 12.4 Å². The van der Waals surface area contributed by atoms with E-state index in [1.807, 2.05) is 13.0 Å². The highest BCUT2D eigenvalue weighted by molar-refractivity contribution is 5.70. The van der Waals surface area contributed by atoms with Gasteiger partial charge in [-0.3, -0.25) is 4.79 Å². The normalized spacial score (nSPS) is 23.6. The molecule has 0 saturated heterocycles. The van der Waals surface area contributed by atoms with E-state index < -0.39 is 5.97 Å². The van der Waals surface area contributed by atoms with Crippen molar-refractivity contribution in [3.8, 4) is 0 Å². The molecular weight excluding hydrogens is 218 g/mol. The molecule has 17 heavy (non-hydrogen) atoms. The number of anilines is 1. The number of hydrogen-bond acceptors (Lipinski definition) is 4. The number of carboxylic acid groups (broad SMARTS) is 1. The summed E-state index contributed by atoms with van der Waals surface area (Å²) in [4.78, 5) is 19.1. The summed E-state index contributed by atoms with van der Waals surface area (Å²) in [5.41, 5.74) is 0.996. The van der Waals surface area contributed by atoms with E-state index >= 15 is 0 Å². The lowest BCUT2D eigenvalue weighted by atomic mass is 10.1. The monoisotopic (exact) mass is 235 g/mol. The minimum atomic E-state index is -0.689. The number of aromatic nitrogens is 2. The molecule has 0 bridgehead atoms. The number of aliphatic carboxylic acids is 1. The molecule has 92 valence electrons. The maximum Gasteiger partial charge on any atom is 0.306 e. The number of rotatable bonds is 4. The molecule has 1 aromatic rings. The SMILES string of the molecule is CCc1cc(NC2CCC(C(=O)O)C2)ncn1. The molecule has 2 unspecified atom stereocenters. The lowest BCUT2D eigenvalue weighted by Crippen LogP contribution is -2.18. The van der Waals surface area contributed by atoms with Crippen molar-refractivity contribution in [3.05, 3.63) is 18.1 Å². The molecule has 2 N–H and O–H groups in total. The third-order valence-electron chi connectivity index (χ3n) is 3.22. The molecule has 0 spiro atoms. The molecule has 1 fully saturated rings. The third kappa shape index (κ3) is 2.93. The van der Waals surface area contributed by atoms with Crippen LogP contribution < -0.4 is 5.32 Å². The number of nitrogens with zero attached hydrogens (tertiary/aromatic N) is 2. The van der Waals surface area contributed by atoms with Gasteiger partial charge in [0, 0.05) is 17.8 Å². The summed E-state index contributed by atoms with van der Waals surface area (Å²) in [5, 5.41) is 12.2. The number of hydrogen-bond donors (Lipinski definition) is 2. The van der Waals surface area contributed by atoms with Gasteiger partial charge in [-0.05, 0) is 25.7 Å². The molecule has 1 saturated carbocycles. The van der Waals surface area contributed by atoms with Gasteiger partial charge in [-0.2, -0.15) is 0 Å². The van der Waals surface area contributed by atoms with Crippen LogP contribution in [0.25, 0.3) is 0 Å². The van der Waals surface area contributed by atoms with Crippen LogP contribution in [0.5, 0.6) is 0 Å². The van der Waals surface area contributed by atoms with Crippen LogP contribution >= 0.6 is 0 Å². The predicted octanol–water partition coefficient (Wildman–Crippen LogP) is 1.70. The molecule has 1 aliphatic carbocycles. The van der Waals surface area contributed by atoms with E-state index in [9.17, 15) is 4.79 Å². The van der Waals surface area contributed by atoms with Gasteiger partial charge >= 0.3 is 5.97 Å². The summed E-state index contributed by atoms with van der Waals surface area (Å²) < 4.78 is 0. The molecule has 1 heterocycles. The van der Waals surface area contributed by atoms with Gasteiger partial charge in [0.05, 0.1) is 5.92 Å². The fourth-order valence-electron chi connectivity index (χ4n) is 2.22. The zero-order chi connectivity index (χ0) is 12.3. The first-order chi connectivity index (χ1) is 8.19. The van der Waals surface area contributed by atoms with Crippen LogP contribution in [0.3, 0.4) is 0 Å². The van der Waals surface area contributed by atoms with Crippen molar-refractivity contribution in [1.82, 2.24) is 9.97 Å². The Bertz CT molecular complexity index is 408. The third-order valence-corrected chi connectivity index (χ3v) is 3.22. The van der Waals surface area contributed by atoms with E-state index in [4.69, 9.17) is 5.11 Å². The van der Waals surface area contributed by atoms with Crippen LogP contribution in [0.4, 0.5) is 5.82 Å². The Hall–Kier alpha value is -1.65. The zero-order valence-corrected chi connectivity index (χ0v) is 9.89. The minimum Gasteiger partial charge on any atom is -0.481 e. The van der Waals surface area contributed by atoms with Crippen molar-refractivity contribution >= 4 is 11.8 Å². The molecule has 0 aliphatic heterocycles. The standard InChI is InChI=1S/C12H17N3O2/c1-2-9-6-11(14-7-13-9)15-10-4-3-8(5-10)12(16)17/h6-8,10H,2-5H2,1H3,(H,16,17)(H,13,14,15). The quantitative estimate of drug-likeness (QED) is 0.830. The van der Waals surface area contributed by atoms with E-state index in [1.165, 1.54) is 0 Å². The van der Waals surface area contributed by atoms with Crippen molar-refractivity contribution in [2.45, 2.75) is 38.6 Å². The molecule has 0 radical (unpaired) electrons. The van der Waals surface area contributed by atoms with Gasteiger partial charge in [-0.1, -0.05) is 6.92 Å². The summed E-state index contributed by atoms with van der Waals surface area (Å²) in [6.45, 7) is 2.04. The molecule has 2 atom stereocenters. The van der Waals surface area contributed by atoms with Crippen LogP contribution in [-0.4, -0.2) is 27.1 Å². The fourth-order valence-corrected chi connectivity index (χ4v) is 2.22. The minimum absolute atomic E-state index is 0.208. The van der Waals surface area contributed by atoms with Crippen LogP contribution in [0.1, 0.15) is 31.9 Å². The highest BCUT2D eigenvalue weighted by Gasteiger charge is 2.29. The summed E-state index contributed by atoms with van der Waals surface area (Å²) >= 11 is 0. The lowest BCUT2D eigenvalue weighted by molar-refractivity contribution is -0.141.